The molecule has 1 aliphatic carbocycles. The van der Waals surface area contributed by atoms with Gasteiger partial charge in [-0.25, -0.2) is 14.3 Å². The van der Waals surface area contributed by atoms with Crippen LogP contribution in [-0.2, 0) is 31.9 Å². The molecule has 2 aromatic heterocycles. The molecule has 0 spiro atoms. The molecule has 0 unspecified atom stereocenters. The first kappa shape index (κ1) is 36.6. The third-order valence-corrected chi connectivity index (χ3v) is 9.35. The first-order valence-electron chi connectivity index (χ1n) is 15.7. The van der Waals surface area contributed by atoms with Crippen molar-refractivity contribution in [3.05, 3.63) is 99.8 Å². The molecule has 2 aromatic carbocycles. The Kier molecular flexibility index (Phi) is 9.65. The van der Waals surface area contributed by atoms with Crippen molar-refractivity contribution in [3.63, 3.8) is 0 Å². The number of anilines is 2. The van der Waals surface area contributed by atoms with E-state index in [2.05, 4.69) is 25.3 Å². The molecule has 3 heterocycles. The Hall–Kier alpha value is -5.22. The number of hydrogen-bond donors (Lipinski definition) is 3. The smallest absolute Gasteiger partial charge is 0.481 e. The monoisotopic (exact) mass is 762 g/mol. The number of carbonyl (C=O) groups excluding carboxylic acids is 3. The van der Waals surface area contributed by atoms with E-state index in [4.69, 9.17) is 23.2 Å². The molecule has 3 amide bonds. The lowest BCUT2D eigenvalue weighted by Crippen LogP contribution is -2.51. The number of aliphatic carboxylic acids is 1. The van der Waals surface area contributed by atoms with Gasteiger partial charge in [0.1, 0.15) is 23.0 Å². The van der Waals surface area contributed by atoms with Crippen LogP contribution < -0.4 is 20.3 Å². The van der Waals surface area contributed by atoms with Gasteiger partial charge in [0.2, 0.25) is 11.9 Å². The number of nitrogens with zero attached hydrogens (tertiary/aromatic N) is 4. The summed E-state index contributed by atoms with van der Waals surface area (Å²) < 4.78 is 58.0. The molecular weight excluding hydrogens is 735 g/mol. The molecule has 12 nitrogen and oxygen atoms in total. The maximum atomic E-state index is 14.4. The maximum Gasteiger partial charge on any atom is 0.573 e. The van der Waals surface area contributed by atoms with E-state index in [-0.39, 0.29) is 30.2 Å². The zero-order valence-electron chi connectivity index (χ0n) is 27.0. The number of imidazole rings is 1. The first-order chi connectivity index (χ1) is 24.5. The van der Waals surface area contributed by atoms with Crippen molar-refractivity contribution in [2.45, 2.75) is 62.5 Å². The van der Waals surface area contributed by atoms with Crippen LogP contribution in [0.4, 0.5) is 29.2 Å². The highest BCUT2D eigenvalue weighted by Gasteiger charge is 2.52. The van der Waals surface area contributed by atoms with E-state index in [0.29, 0.717) is 24.1 Å². The molecule has 6 rings (SSSR count). The number of fused-ring (bicyclic) bond motifs is 1. The highest BCUT2D eigenvalue weighted by Crippen LogP contribution is 2.45. The minimum Gasteiger partial charge on any atom is -0.481 e. The third kappa shape index (κ3) is 7.25. The van der Waals surface area contributed by atoms with Gasteiger partial charge in [-0.1, -0.05) is 41.4 Å². The maximum absolute atomic E-state index is 14.4. The van der Waals surface area contributed by atoms with Gasteiger partial charge in [-0.2, -0.15) is 0 Å². The number of carboxylic acids is 1. The number of halogens is 6. The van der Waals surface area contributed by atoms with E-state index >= 15 is 0 Å². The molecule has 0 saturated heterocycles. The average Bonchev–Trinajstić information content (AvgIpc) is 3.67. The minimum absolute atomic E-state index is 0.000763. The van der Waals surface area contributed by atoms with Gasteiger partial charge in [0.25, 0.3) is 11.8 Å². The van der Waals surface area contributed by atoms with Gasteiger partial charge < -0.3 is 20.5 Å². The Labute approximate surface area is 302 Å². The van der Waals surface area contributed by atoms with E-state index in [1.165, 1.54) is 23.6 Å². The molecule has 3 N–H and O–H groups in total. The summed E-state index contributed by atoms with van der Waals surface area (Å²) in [5.41, 5.74) is -1.74. The molecule has 1 saturated carbocycles. The lowest BCUT2D eigenvalue weighted by atomic mass is 9.91. The number of alkyl halides is 3. The van der Waals surface area contributed by atoms with Gasteiger partial charge in [-0.05, 0) is 68.1 Å². The van der Waals surface area contributed by atoms with Crippen LogP contribution in [0.15, 0.2) is 67.0 Å². The third-order valence-electron chi connectivity index (χ3n) is 8.80. The fourth-order valence-electron chi connectivity index (χ4n) is 6.15. The number of amides is 3. The van der Waals surface area contributed by atoms with E-state index in [1.807, 2.05) is 0 Å². The van der Waals surface area contributed by atoms with Crippen LogP contribution in [0.1, 0.15) is 54.4 Å². The SMILES string of the molecule is C[C@@]1(Cc2ccc(OC(F)(F)F)cc2)C(=O)N(c2cc(Cl)c(F)c(Cl)c2)c2ncc(C(=O)N[C@@H](CCC(=O)O)C(=O)NC3(c4ccccn4)CC3)n21. The van der Waals surface area contributed by atoms with Crippen LogP contribution in [0.25, 0.3) is 0 Å². The zero-order chi connectivity index (χ0) is 37.6. The summed E-state index contributed by atoms with van der Waals surface area (Å²) in [7, 11) is 0. The lowest BCUT2D eigenvalue weighted by molar-refractivity contribution is -0.274. The second kappa shape index (κ2) is 13.7. The van der Waals surface area contributed by atoms with Gasteiger partial charge in [0, 0.05) is 19.0 Å². The van der Waals surface area contributed by atoms with Crippen molar-refractivity contribution >= 4 is 58.5 Å². The lowest BCUT2D eigenvalue weighted by Gasteiger charge is -2.27. The van der Waals surface area contributed by atoms with Crippen molar-refractivity contribution < 1.29 is 46.6 Å². The van der Waals surface area contributed by atoms with Gasteiger partial charge in [-0.3, -0.25) is 28.7 Å². The number of carboxylic acid groups (broad SMARTS) is 1. The van der Waals surface area contributed by atoms with E-state index in [9.17, 15) is 41.8 Å². The Balaban J connectivity index is 1.35. The molecule has 4 aromatic rings. The Morgan fingerprint density at radius 2 is 1.73 bits per heavy atom. The van der Waals surface area contributed by atoms with Crippen molar-refractivity contribution in [1.29, 1.82) is 0 Å². The predicted octanol–water partition coefficient (Wildman–Crippen LogP) is 6.03. The summed E-state index contributed by atoms with van der Waals surface area (Å²) in [5, 5.41) is 14.1. The van der Waals surface area contributed by atoms with Crippen LogP contribution in [0.2, 0.25) is 10.0 Å². The van der Waals surface area contributed by atoms with Crippen LogP contribution in [-0.4, -0.2) is 55.7 Å². The number of benzene rings is 2. The highest BCUT2D eigenvalue weighted by molar-refractivity contribution is 6.35. The fourth-order valence-corrected chi connectivity index (χ4v) is 6.62. The molecule has 1 aliphatic heterocycles. The van der Waals surface area contributed by atoms with Gasteiger partial charge in [-0.15, -0.1) is 13.2 Å². The first-order valence-corrected chi connectivity index (χ1v) is 16.5. The molecule has 0 bridgehead atoms. The van der Waals surface area contributed by atoms with Gasteiger partial charge >= 0.3 is 12.3 Å². The van der Waals surface area contributed by atoms with Crippen molar-refractivity contribution in [2.75, 3.05) is 4.90 Å². The van der Waals surface area contributed by atoms with Gasteiger partial charge in [0.15, 0.2) is 5.82 Å². The van der Waals surface area contributed by atoms with E-state index < -0.39 is 75.2 Å². The Bertz CT molecular complexity index is 2040. The molecular formula is C34H28Cl2F4N6O6. The van der Waals surface area contributed by atoms with Crippen LogP contribution >= 0.6 is 23.2 Å². The average molecular weight is 764 g/mol. The van der Waals surface area contributed by atoms with Gasteiger partial charge in [0.05, 0.1) is 33.2 Å². The second-order valence-electron chi connectivity index (χ2n) is 12.5. The largest absolute Gasteiger partial charge is 0.573 e. The number of pyridine rings is 1. The number of ether oxygens (including phenoxy) is 1. The predicted molar refractivity (Wildman–Crippen MR) is 178 cm³/mol. The summed E-state index contributed by atoms with van der Waals surface area (Å²) in [6.45, 7) is 1.46. The number of nitrogens with one attached hydrogen (secondary N) is 2. The standard InChI is InChI=1S/C34H28Cl2F4N6O6/c1-32(16-18-5-7-20(8-6-18)52-34(38,39)40)30(51)45(19-14-21(35)27(37)22(36)15-19)31-42-17-24(46(31)32)29(50)43-23(9-10-26(47)48)28(49)44-33(11-12-33)25-4-2-3-13-41-25/h2-8,13-15,17,23H,9-12,16H2,1H3,(H,43,50)(H,44,49)(H,47,48)/t23-,32+/m0/s1. The molecule has 1 fully saturated rings. The molecule has 18 heteroatoms. The van der Waals surface area contributed by atoms with Crippen LogP contribution in [0.5, 0.6) is 5.75 Å². The second-order valence-corrected chi connectivity index (χ2v) is 13.3. The highest BCUT2D eigenvalue weighted by atomic mass is 35.5. The summed E-state index contributed by atoms with van der Waals surface area (Å²) in [5.74, 6) is -5.00. The fraction of sp³-hybridized carbons (Fsp3) is 0.294. The van der Waals surface area contributed by atoms with E-state index in [1.54, 1.807) is 24.4 Å². The number of carbonyl (C=O) groups is 4. The normalized spacial score (nSPS) is 18.1. The zero-order valence-corrected chi connectivity index (χ0v) is 28.5. The molecule has 272 valence electrons. The molecule has 2 atom stereocenters. The van der Waals surface area contributed by atoms with E-state index in [0.717, 1.165) is 35.4 Å². The molecule has 52 heavy (non-hydrogen) atoms. The molecule has 0 radical (unpaired) electrons. The number of aromatic nitrogens is 3. The summed E-state index contributed by atoms with van der Waals surface area (Å²) in [6.07, 6.45) is -2.03. The summed E-state index contributed by atoms with van der Waals surface area (Å²) in [4.78, 5) is 63.2. The Morgan fingerprint density at radius 1 is 1.06 bits per heavy atom. The molecule has 2 aliphatic rings. The number of hydrogen-bond acceptors (Lipinski definition) is 7. The summed E-state index contributed by atoms with van der Waals surface area (Å²) in [6, 6.07) is 10.9. The van der Waals surface area contributed by atoms with Crippen molar-refractivity contribution in [3.8, 4) is 5.75 Å². The summed E-state index contributed by atoms with van der Waals surface area (Å²) >= 11 is 12.1. The topological polar surface area (TPSA) is 156 Å². The quantitative estimate of drug-likeness (QED) is 0.117. The van der Waals surface area contributed by atoms with Crippen LogP contribution in [0, 0.1) is 5.82 Å². The van der Waals surface area contributed by atoms with Crippen LogP contribution in [0.3, 0.4) is 0 Å². The Morgan fingerprint density at radius 3 is 2.31 bits per heavy atom. The van der Waals surface area contributed by atoms with Crippen molar-refractivity contribution in [2.24, 2.45) is 0 Å². The van der Waals surface area contributed by atoms with Crippen molar-refractivity contribution in [1.82, 2.24) is 25.2 Å². The minimum atomic E-state index is -4.93. The number of rotatable bonds is 12.